The Morgan fingerprint density at radius 3 is 2.82 bits per heavy atom. The van der Waals surface area contributed by atoms with Crippen molar-refractivity contribution in [2.75, 3.05) is 0 Å². The van der Waals surface area contributed by atoms with E-state index in [9.17, 15) is 10.1 Å². The van der Waals surface area contributed by atoms with Gasteiger partial charge in [0, 0.05) is 17.6 Å². The number of hydrogen-bond acceptors (Lipinski definition) is 4. The van der Waals surface area contributed by atoms with Gasteiger partial charge in [0.05, 0.1) is 10.9 Å². The highest BCUT2D eigenvalue weighted by molar-refractivity contribution is 6.03. The van der Waals surface area contributed by atoms with Crippen LogP contribution in [0.5, 0.6) is 0 Å². The van der Waals surface area contributed by atoms with Crippen LogP contribution < -0.4 is 0 Å². The molecule has 0 saturated heterocycles. The van der Waals surface area contributed by atoms with E-state index in [-0.39, 0.29) is 5.82 Å². The molecule has 0 amide bonds. The maximum absolute atomic E-state index is 10.8. The minimum absolute atomic E-state index is 0.159. The van der Waals surface area contributed by atoms with Crippen molar-refractivity contribution in [1.82, 2.24) is 9.97 Å². The SMILES string of the molecule is O=[N+]([O-])c1cccc2ccc3nccc3c2n1. The van der Waals surface area contributed by atoms with Gasteiger partial charge < -0.3 is 10.1 Å². The molecule has 0 saturated carbocycles. The zero-order valence-corrected chi connectivity index (χ0v) is 8.70. The summed E-state index contributed by atoms with van der Waals surface area (Å²) in [5, 5.41) is 12.5. The molecule has 2 heterocycles. The summed E-state index contributed by atoms with van der Waals surface area (Å²) in [7, 11) is 0. The van der Waals surface area contributed by atoms with Crippen LogP contribution in [0.3, 0.4) is 0 Å². The highest BCUT2D eigenvalue weighted by Gasteiger charge is 2.10. The van der Waals surface area contributed by atoms with Crippen molar-refractivity contribution in [1.29, 1.82) is 0 Å². The molecule has 5 heteroatoms. The number of fused-ring (bicyclic) bond motifs is 3. The first-order valence-corrected chi connectivity index (χ1v) is 5.04. The minimum Gasteiger partial charge on any atom is -0.358 e. The smallest absolute Gasteiger partial charge is 0.358 e. The lowest BCUT2D eigenvalue weighted by molar-refractivity contribution is -0.389. The molecule has 0 bridgehead atoms. The van der Waals surface area contributed by atoms with Gasteiger partial charge in [0.25, 0.3) is 0 Å². The van der Waals surface area contributed by atoms with Crippen LogP contribution >= 0.6 is 0 Å². The third-order valence-corrected chi connectivity index (χ3v) is 2.61. The van der Waals surface area contributed by atoms with Crippen molar-refractivity contribution in [2.45, 2.75) is 0 Å². The minimum atomic E-state index is -0.491. The summed E-state index contributed by atoms with van der Waals surface area (Å²) in [4.78, 5) is 18.5. The predicted octanol–water partition coefficient (Wildman–Crippen LogP) is 2.69. The van der Waals surface area contributed by atoms with Crippen LogP contribution in [0, 0.1) is 10.1 Å². The third-order valence-electron chi connectivity index (χ3n) is 2.61. The van der Waals surface area contributed by atoms with Gasteiger partial charge in [-0.05, 0) is 28.1 Å². The van der Waals surface area contributed by atoms with E-state index >= 15 is 0 Å². The van der Waals surface area contributed by atoms with Crippen LogP contribution in [-0.2, 0) is 0 Å². The molecule has 0 unspecified atom stereocenters. The first kappa shape index (κ1) is 9.65. The number of nitro groups is 1. The quantitative estimate of drug-likeness (QED) is 0.471. The van der Waals surface area contributed by atoms with Gasteiger partial charge >= 0.3 is 5.82 Å². The Labute approximate surface area is 95.9 Å². The Bertz CT molecular complexity index is 740. The van der Waals surface area contributed by atoms with Crippen molar-refractivity contribution in [3.05, 3.63) is 52.7 Å². The van der Waals surface area contributed by atoms with Crippen molar-refractivity contribution in [2.24, 2.45) is 0 Å². The lowest BCUT2D eigenvalue weighted by atomic mass is 10.2. The van der Waals surface area contributed by atoms with Crippen molar-refractivity contribution < 1.29 is 4.92 Å². The summed E-state index contributed by atoms with van der Waals surface area (Å²) in [6.45, 7) is 0. The molecule has 1 aromatic carbocycles. The lowest BCUT2D eigenvalue weighted by Gasteiger charge is -1.90. The van der Waals surface area contributed by atoms with E-state index in [0.717, 1.165) is 16.3 Å². The highest BCUT2D eigenvalue weighted by Crippen LogP contribution is 2.23. The number of hydrogen-bond donors (Lipinski definition) is 0. The van der Waals surface area contributed by atoms with Crippen LogP contribution in [0.2, 0.25) is 0 Å². The van der Waals surface area contributed by atoms with E-state index in [1.54, 1.807) is 12.3 Å². The Morgan fingerprint density at radius 2 is 2.00 bits per heavy atom. The molecule has 0 N–H and O–H groups in total. The van der Waals surface area contributed by atoms with Gasteiger partial charge in [0.15, 0.2) is 5.52 Å². The number of nitrogens with zero attached hydrogens (tertiary/aromatic N) is 3. The van der Waals surface area contributed by atoms with Gasteiger partial charge in [0.2, 0.25) is 0 Å². The Hall–Kier alpha value is -2.56. The molecule has 0 radical (unpaired) electrons. The highest BCUT2D eigenvalue weighted by atomic mass is 16.6. The van der Waals surface area contributed by atoms with Crippen molar-refractivity contribution >= 4 is 27.6 Å². The van der Waals surface area contributed by atoms with E-state index < -0.39 is 4.92 Å². The fraction of sp³-hybridized carbons (Fsp3) is 0. The fourth-order valence-electron chi connectivity index (χ4n) is 1.83. The molecule has 0 aliphatic heterocycles. The normalized spacial score (nSPS) is 10.8. The predicted molar refractivity (Wildman–Crippen MR) is 63.7 cm³/mol. The van der Waals surface area contributed by atoms with E-state index in [0.29, 0.717) is 5.52 Å². The van der Waals surface area contributed by atoms with Gasteiger partial charge in [-0.3, -0.25) is 4.98 Å². The summed E-state index contributed by atoms with van der Waals surface area (Å²) in [5.41, 5.74) is 1.40. The number of benzene rings is 1. The second-order valence-electron chi connectivity index (χ2n) is 3.63. The number of aromatic nitrogens is 2. The van der Waals surface area contributed by atoms with Crippen LogP contribution in [0.4, 0.5) is 5.82 Å². The monoisotopic (exact) mass is 225 g/mol. The van der Waals surface area contributed by atoms with E-state index in [4.69, 9.17) is 0 Å². The Kier molecular flexibility index (Phi) is 1.98. The van der Waals surface area contributed by atoms with Crippen molar-refractivity contribution in [3.63, 3.8) is 0 Å². The Morgan fingerprint density at radius 1 is 1.12 bits per heavy atom. The topological polar surface area (TPSA) is 68.9 Å². The molecule has 0 spiro atoms. The first-order chi connectivity index (χ1) is 8.25. The average Bonchev–Trinajstić information content (AvgIpc) is 2.67. The van der Waals surface area contributed by atoms with E-state index in [1.807, 2.05) is 24.3 Å². The summed E-state index contributed by atoms with van der Waals surface area (Å²) < 4.78 is 0. The first-order valence-electron chi connectivity index (χ1n) is 5.04. The summed E-state index contributed by atoms with van der Waals surface area (Å²) in [6.07, 6.45) is 1.67. The molecular formula is C12H7N3O2. The van der Waals surface area contributed by atoms with Crippen LogP contribution in [0.1, 0.15) is 0 Å². The summed E-state index contributed by atoms with van der Waals surface area (Å²) in [6, 6.07) is 10.4. The van der Waals surface area contributed by atoms with E-state index in [2.05, 4.69) is 9.97 Å². The molecule has 0 aliphatic carbocycles. The molecule has 17 heavy (non-hydrogen) atoms. The maximum atomic E-state index is 10.8. The molecule has 3 rings (SSSR count). The molecule has 0 fully saturated rings. The molecule has 0 aliphatic rings. The van der Waals surface area contributed by atoms with Gasteiger partial charge in [-0.2, -0.15) is 0 Å². The maximum Gasteiger partial charge on any atom is 0.364 e. The number of rotatable bonds is 1. The fourth-order valence-corrected chi connectivity index (χ4v) is 1.83. The Balaban J connectivity index is 2.51. The standard InChI is InChI=1S/C12H7N3O2/c16-15(17)11-3-1-2-8-4-5-10-9(6-7-13-10)12(8)14-11/h1-7H. The van der Waals surface area contributed by atoms with Gasteiger partial charge in [0.1, 0.15) is 0 Å². The molecular weight excluding hydrogens is 218 g/mol. The van der Waals surface area contributed by atoms with Crippen LogP contribution in [-0.4, -0.2) is 14.9 Å². The van der Waals surface area contributed by atoms with Crippen LogP contribution in [0.15, 0.2) is 42.6 Å². The van der Waals surface area contributed by atoms with Gasteiger partial charge in [-0.15, -0.1) is 0 Å². The lowest BCUT2D eigenvalue weighted by Crippen LogP contribution is -1.88. The molecule has 3 aromatic rings. The zero-order chi connectivity index (χ0) is 11.8. The van der Waals surface area contributed by atoms with E-state index in [1.165, 1.54) is 6.07 Å². The average molecular weight is 225 g/mol. The summed E-state index contributed by atoms with van der Waals surface area (Å²) >= 11 is 0. The van der Waals surface area contributed by atoms with Crippen molar-refractivity contribution in [3.8, 4) is 0 Å². The van der Waals surface area contributed by atoms with Gasteiger partial charge in [-0.1, -0.05) is 12.1 Å². The summed E-state index contributed by atoms with van der Waals surface area (Å²) in [5.74, 6) is -0.159. The molecule has 82 valence electrons. The molecule has 5 nitrogen and oxygen atoms in total. The zero-order valence-electron chi connectivity index (χ0n) is 8.70. The largest absolute Gasteiger partial charge is 0.364 e. The second-order valence-corrected chi connectivity index (χ2v) is 3.63. The molecule has 2 aromatic heterocycles. The van der Waals surface area contributed by atoms with Gasteiger partial charge in [-0.25, -0.2) is 0 Å². The second kappa shape index (κ2) is 3.48. The third kappa shape index (κ3) is 1.48. The molecule has 0 atom stereocenters. The van der Waals surface area contributed by atoms with Crippen LogP contribution in [0.25, 0.3) is 21.8 Å².